The van der Waals surface area contributed by atoms with Gasteiger partial charge in [-0.2, -0.15) is 0 Å². The largest absolute Gasteiger partial charge is 0.482 e. The Balaban J connectivity index is 2.46. The molecular weight excluding hydrogens is 293 g/mol. The number of fused-ring (bicyclic) bond motifs is 1. The van der Waals surface area contributed by atoms with Crippen molar-refractivity contribution in [2.75, 3.05) is 18.1 Å². The summed E-state index contributed by atoms with van der Waals surface area (Å²) in [5, 5.41) is 0.582. The molecule has 0 radical (unpaired) electrons. The number of rotatable bonds is 2. The molecule has 2 rings (SSSR count). The molecule has 5 heteroatoms. The SMILES string of the molecule is CCCN1C(=O)COc2cc(Br)c(Cl)cc21. The monoisotopic (exact) mass is 303 g/mol. The third kappa shape index (κ3) is 2.04. The molecule has 3 nitrogen and oxygen atoms in total. The molecule has 0 unspecified atom stereocenters. The van der Waals surface area contributed by atoms with Crippen molar-refractivity contribution in [3.05, 3.63) is 21.6 Å². The average molecular weight is 305 g/mol. The molecule has 86 valence electrons. The summed E-state index contributed by atoms with van der Waals surface area (Å²) in [6.07, 6.45) is 0.902. The van der Waals surface area contributed by atoms with Gasteiger partial charge in [0, 0.05) is 11.0 Å². The summed E-state index contributed by atoms with van der Waals surface area (Å²) in [5.41, 5.74) is 0.756. The van der Waals surface area contributed by atoms with E-state index in [-0.39, 0.29) is 12.5 Å². The van der Waals surface area contributed by atoms with Gasteiger partial charge >= 0.3 is 0 Å². The molecule has 0 aromatic heterocycles. The number of carbonyl (C=O) groups excluding carboxylic acids is 1. The number of ether oxygens (including phenoxy) is 1. The average Bonchev–Trinajstić information content (AvgIpc) is 2.25. The fourth-order valence-electron chi connectivity index (χ4n) is 1.67. The molecule has 0 N–H and O–H groups in total. The second-order valence-electron chi connectivity index (χ2n) is 3.57. The minimum Gasteiger partial charge on any atom is -0.482 e. The second-order valence-corrected chi connectivity index (χ2v) is 4.83. The molecule has 1 aliphatic rings. The van der Waals surface area contributed by atoms with E-state index in [4.69, 9.17) is 16.3 Å². The Morgan fingerprint density at radius 2 is 2.31 bits per heavy atom. The Hall–Kier alpha value is -0.740. The Bertz CT molecular complexity index is 436. The fourth-order valence-corrected chi connectivity index (χ4v) is 2.15. The molecule has 16 heavy (non-hydrogen) atoms. The van der Waals surface area contributed by atoms with Gasteiger partial charge in [-0.25, -0.2) is 0 Å². The smallest absolute Gasteiger partial charge is 0.265 e. The van der Waals surface area contributed by atoms with Crippen LogP contribution in [0, 0.1) is 0 Å². The molecular formula is C11H11BrClNO2. The zero-order chi connectivity index (χ0) is 11.7. The fraction of sp³-hybridized carbons (Fsp3) is 0.364. The molecule has 1 heterocycles. The van der Waals surface area contributed by atoms with Gasteiger partial charge in [0.25, 0.3) is 5.91 Å². The van der Waals surface area contributed by atoms with E-state index in [9.17, 15) is 4.79 Å². The van der Waals surface area contributed by atoms with E-state index in [0.717, 1.165) is 16.6 Å². The molecule has 0 atom stereocenters. The van der Waals surface area contributed by atoms with Crippen molar-refractivity contribution in [2.45, 2.75) is 13.3 Å². The summed E-state index contributed by atoms with van der Waals surface area (Å²) >= 11 is 9.35. The van der Waals surface area contributed by atoms with Crippen molar-refractivity contribution in [1.29, 1.82) is 0 Å². The lowest BCUT2D eigenvalue weighted by molar-refractivity contribution is -0.121. The van der Waals surface area contributed by atoms with Crippen molar-refractivity contribution in [2.24, 2.45) is 0 Å². The predicted molar refractivity (Wildman–Crippen MR) is 67.3 cm³/mol. The van der Waals surface area contributed by atoms with E-state index >= 15 is 0 Å². The topological polar surface area (TPSA) is 29.5 Å². The van der Waals surface area contributed by atoms with E-state index in [1.54, 1.807) is 17.0 Å². The van der Waals surface area contributed by atoms with Crippen LogP contribution < -0.4 is 9.64 Å². The lowest BCUT2D eigenvalue weighted by atomic mass is 10.2. The molecule has 0 spiro atoms. The van der Waals surface area contributed by atoms with Gasteiger partial charge < -0.3 is 9.64 Å². The molecule has 0 saturated carbocycles. The van der Waals surface area contributed by atoms with Crippen LogP contribution in [-0.4, -0.2) is 19.1 Å². The van der Waals surface area contributed by atoms with Crippen LogP contribution in [0.3, 0.4) is 0 Å². The predicted octanol–water partition coefficient (Wildman–Crippen LogP) is 3.24. The molecule has 1 aromatic rings. The number of carbonyl (C=O) groups is 1. The van der Waals surface area contributed by atoms with Crippen LogP contribution in [0.25, 0.3) is 0 Å². The van der Waals surface area contributed by atoms with Crippen molar-refractivity contribution in [3.63, 3.8) is 0 Å². The second kappa shape index (κ2) is 4.63. The minimum absolute atomic E-state index is 0.0206. The van der Waals surface area contributed by atoms with Crippen molar-refractivity contribution < 1.29 is 9.53 Å². The van der Waals surface area contributed by atoms with Crippen molar-refractivity contribution >= 4 is 39.1 Å². The first-order valence-electron chi connectivity index (χ1n) is 5.05. The molecule has 1 aliphatic heterocycles. The summed E-state index contributed by atoms with van der Waals surface area (Å²) in [5.74, 6) is 0.678. The lowest BCUT2D eigenvalue weighted by Crippen LogP contribution is -2.39. The Labute approximate surface area is 107 Å². The number of nitrogens with zero attached hydrogens (tertiary/aromatic N) is 1. The molecule has 0 aliphatic carbocycles. The van der Waals surface area contributed by atoms with Gasteiger partial charge in [0.1, 0.15) is 5.75 Å². The van der Waals surface area contributed by atoms with Gasteiger partial charge in [0.05, 0.1) is 10.7 Å². The van der Waals surface area contributed by atoms with E-state index < -0.39 is 0 Å². The number of benzene rings is 1. The summed E-state index contributed by atoms with van der Waals surface area (Å²) in [7, 11) is 0. The third-order valence-corrected chi connectivity index (χ3v) is 3.59. The minimum atomic E-state index is -0.0206. The number of halogens is 2. The highest BCUT2D eigenvalue weighted by Gasteiger charge is 2.25. The summed E-state index contributed by atoms with van der Waals surface area (Å²) in [4.78, 5) is 13.4. The van der Waals surface area contributed by atoms with Crippen LogP contribution in [0.4, 0.5) is 5.69 Å². The standard InChI is InChI=1S/C11H11BrClNO2/c1-2-3-14-9-5-8(13)7(12)4-10(9)16-6-11(14)15/h4-5H,2-3,6H2,1H3. The van der Waals surface area contributed by atoms with Crippen LogP contribution in [0.15, 0.2) is 16.6 Å². The number of amides is 1. The van der Waals surface area contributed by atoms with Gasteiger partial charge in [-0.05, 0) is 34.5 Å². The van der Waals surface area contributed by atoms with Gasteiger partial charge in [0.2, 0.25) is 0 Å². The zero-order valence-electron chi connectivity index (χ0n) is 8.80. The van der Waals surface area contributed by atoms with Gasteiger partial charge in [-0.15, -0.1) is 0 Å². The van der Waals surface area contributed by atoms with Crippen LogP contribution in [-0.2, 0) is 4.79 Å². The molecule has 1 amide bonds. The molecule has 1 aromatic carbocycles. The molecule has 0 fully saturated rings. The first-order valence-corrected chi connectivity index (χ1v) is 6.22. The Morgan fingerprint density at radius 1 is 1.56 bits per heavy atom. The van der Waals surface area contributed by atoms with Crippen molar-refractivity contribution in [1.82, 2.24) is 0 Å². The summed E-state index contributed by atoms with van der Waals surface area (Å²) in [6, 6.07) is 3.56. The maximum Gasteiger partial charge on any atom is 0.265 e. The number of hydrogen-bond donors (Lipinski definition) is 0. The highest BCUT2D eigenvalue weighted by Crippen LogP contribution is 2.38. The highest BCUT2D eigenvalue weighted by molar-refractivity contribution is 9.10. The van der Waals surface area contributed by atoms with E-state index in [2.05, 4.69) is 15.9 Å². The summed E-state index contributed by atoms with van der Waals surface area (Å²) < 4.78 is 6.14. The van der Waals surface area contributed by atoms with E-state index in [0.29, 0.717) is 17.3 Å². The van der Waals surface area contributed by atoms with Crippen LogP contribution >= 0.6 is 27.5 Å². The van der Waals surface area contributed by atoms with Gasteiger partial charge in [-0.3, -0.25) is 4.79 Å². The Morgan fingerprint density at radius 3 is 3.00 bits per heavy atom. The maximum atomic E-state index is 11.7. The quantitative estimate of drug-likeness (QED) is 0.839. The van der Waals surface area contributed by atoms with E-state index in [1.165, 1.54) is 0 Å². The van der Waals surface area contributed by atoms with E-state index in [1.807, 2.05) is 6.92 Å². The normalized spacial score (nSPS) is 14.7. The zero-order valence-corrected chi connectivity index (χ0v) is 11.1. The maximum absolute atomic E-state index is 11.7. The lowest BCUT2D eigenvalue weighted by Gasteiger charge is -2.29. The van der Waals surface area contributed by atoms with Crippen LogP contribution in [0.5, 0.6) is 5.75 Å². The summed E-state index contributed by atoms with van der Waals surface area (Å²) in [6.45, 7) is 2.82. The van der Waals surface area contributed by atoms with Crippen molar-refractivity contribution in [3.8, 4) is 5.75 Å². The highest BCUT2D eigenvalue weighted by atomic mass is 79.9. The Kier molecular flexibility index (Phi) is 3.40. The van der Waals surface area contributed by atoms with Gasteiger partial charge in [0.15, 0.2) is 6.61 Å². The van der Waals surface area contributed by atoms with Gasteiger partial charge in [-0.1, -0.05) is 18.5 Å². The first-order chi connectivity index (χ1) is 7.63. The third-order valence-electron chi connectivity index (χ3n) is 2.39. The number of hydrogen-bond acceptors (Lipinski definition) is 2. The first kappa shape index (κ1) is 11.7. The molecule has 0 saturated heterocycles. The van der Waals surface area contributed by atoms with Crippen LogP contribution in [0.2, 0.25) is 5.02 Å². The van der Waals surface area contributed by atoms with Crippen LogP contribution in [0.1, 0.15) is 13.3 Å². The number of anilines is 1. The molecule has 0 bridgehead atoms.